The molecule has 0 aromatic heterocycles. The first-order valence-corrected chi connectivity index (χ1v) is 14.1. The molecule has 3 rings (SSSR count). The minimum atomic E-state index is -1.04. The molecule has 3 N–H and O–H groups in total. The van der Waals surface area contributed by atoms with Gasteiger partial charge >= 0.3 is 12.2 Å². The molecule has 1 fully saturated rings. The maximum atomic E-state index is 13.5. The van der Waals surface area contributed by atoms with Crippen molar-refractivity contribution in [3.8, 4) is 0 Å². The Labute approximate surface area is 246 Å². The molecule has 0 saturated carbocycles. The summed E-state index contributed by atoms with van der Waals surface area (Å²) in [7, 11) is 0. The van der Waals surface area contributed by atoms with Gasteiger partial charge in [-0.15, -0.1) is 0 Å². The maximum Gasteiger partial charge on any atom is 0.411 e. The Morgan fingerprint density at radius 3 is 2.10 bits per heavy atom. The number of carbonyl (C=O) groups is 4. The monoisotopic (exact) mass is 586 g/mol. The van der Waals surface area contributed by atoms with Gasteiger partial charge in [-0.2, -0.15) is 0 Å². The smallest absolute Gasteiger partial charge is 0.411 e. The van der Waals surface area contributed by atoms with Crippen molar-refractivity contribution in [2.45, 2.75) is 59.1 Å². The largest absolute Gasteiger partial charge is 0.448 e. The van der Waals surface area contributed by atoms with Crippen LogP contribution in [0.25, 0.3) is 0 Å². The third kappa shape index (κ3) is 9.97. The summed E-state index contributed by atoms with van der Waals surface area (Å²) < 4.78 is 10.7. The molecule has 11 heteroatoms. The van der Waals surface area contributed by atoms with Gasteiger partial charge in [0.1, 0.15) is 18.8 Å². The van der Waals surface area contributed by atoms with E-state index < -0.39 is 23.2 Å². The summed E-state index contributed by atoms with van der Waals surface area (Å²) in [6.07, 6.45) is 0.0861. The first-order chi connectivity index (χ1) is 19.4. The molecule has 222 valence electrons. The lowest BCUT2D eigenvalue weighted by Crippen LogP contribution is -2.53. The van der Waals surface area contributed by atoms with Crippen LogP contribution in [0.3, 0.4) is 0 Å². The number of benzene rings is 2. The van der Waals surface area contributed by atoms with Crippen molar-refractivity contribution >= 4 is 41.3 Å². The van der Waals surface area contributed by atoms with Crippen LogP contribution in [0.1, 0.15) is 51.7 Å². The van der Waals surface area contributed by atoms with Gasteiger partial charge < -0.3 is 25.0 Å². The third-order valence-corrected chi connectivity index (χ3v) is 7.04. The van der Waals surface area contributed by atoms with Gasteiger partial charge in [0.05, 0.1) is 5.41 Å². The highest BCUT2D eigenvalue weighted by atomic mass is 35.5. The molecule has 0 radical (unpaired) electrons. The maximum absolute atomic E-state index is 13.5. The Bertz CT molecular complexity index is 1200. The van der Waals surface area contributed by atoms with E-state index in [2.05, 4.69) is 16.0 Å². The predicted molar refractivity (Wildman–Crippen MR) is 157 cm³/mol. The zero-order valence-corrected chi connectivity index (χ0v) is 24.8. The number of alkyl carbamates (subject to hydrolysis) is 1. The molecule has 1 saturated heterocycles. The SMILES string of the molecule is CCc1ccc(NC(=O)OCC2(C(=O)NCc3ccc(Cl)cc3)CCN(C(=O)CNC(=O)OC(C)(C)C)CC2)cc1. The molecule has 41 heavy (non-hydrogen) atoms. The lowest BCUT2D eigenvalue weighted by molar-refractivity contribution is -0.142. The van der Waals surface area contributed by atoms with Gasteiger partial charge in [0.15, 0.2) is 0 Å². The van der Waals surface area contributed by atoms with Gasteiger partial charge in [0.25, 0.3) is 0 Å². The molecule has 0 unspecified atom stereocenters. The van der Waals surface area contributed by atoms with Crippen LogP contribution in [0.15, 0.2) is 48.5 Å². The van der Waals surface area contributed by atoms with E-state index in [0.29, 0.717) is 10.7 Å². The van der Waals surface area contributed by atoms with Crippen molar-refractivity contribution in [3.63, 3.8) is 0 Å². The van der Waals surface area contributed by atoms with E-state index in [9.17, 15) is 19.2 Å². The number of ether oxygens (including phenoxy) is 2. The number of hydrogen-bond acceptors (Lipinski definition) is 6. The molecule has 0 atom stereocenters. The highest BCUT2D eigenvalue weighted by Gasteiger charge is 2.43. The molecule has 2 aromatic carbocycles. The zero-order chi connectivity index (χ0) is 30.0. The average molecular weight is 587 g/mol. The topological polar surface area (TPSA) is 126 Å². The lowest BCUT2D eigenvalue weighted by atomic mass is 9.78. The molecule has 0 spiro atoms. The number of anilines is 1. The Balaban J connectivity index is 1.62. The minimum absolute atomic E-state index is 0.156. The van der Waals surface area contributed by atoms with Crippen LogP contribution in [0.5, 0.6) is 0 Å². The Morgan fingerprint density at radius 2 is 1.51 bits per heavy atom. The molecule has 4 amide bonds. The number of nitrogens with one attached hydrogen (secondary N) is 3. The van der Waals surface area contributed by atoms with E-state index in [0.717, 1.165) is 17.5 Å². The Hall–Kier alpha value is -3.79. The van der Waals surface area contributed by atoms with Crippen LogP contribution in [-0.4, -0.2) is 60.7 Å². The van der Waals surface area contributed by atoms with Crippen molar-refractivity contribution < 1.29 is 28.7 Å². The van der Waals surface area contributed by atoms with Gasteiger partial charge in [-0.05, 0) is 75.4 Å². The summed E-state index contributed by atoms with van der Waals surface area (Å²) in [6.45, 7) is 7.67. The van der Waals surface area contributed by atoms with Crippen LogP contribution < -0.4 is 16.0 Å². The van der Waals surface area contributed by atoms with Crippen molar-refractivity contribution in [1.82, 2.24) is 15.5 Å². The van der Waals surface area contributed by atoms with Crippen LogP contribution in [0.4, 0.5) is 15.3 Å². The van der Waals surface area contributed by atoms with E-state index in [1.165, 1.54) is 0 Å². The number of amides is 4. The Morgan fingerprint density at radius 1 is 0.902 bits per heavy atom. The van der Waals surface area contributed by atoms with E-state index in [-0.39, 0.29) is 57.4 Å². The van der Waals surface area contributed by atoms with Gasteiger partial charge in [-0.3, -0.25) is 14.9 Å². The molecule has 1 aliphatic heterocycles. The van der Waals surface area contributed by atoms with E-state index >= 15 is 0 Å². The molecular weight excluding hydrogens is 548 g/mol. The summed E-state index contributed by atoms with van der Waals surface area (Å²) >= 11 is 5.97. The Kier molecular flexibility index (Phi) is 11.0. The fourth-order valence-corrected chi connectivity index (χ4v) is 4.47. The van der Waals surface area contributed by atoms with Gasteiger partial charge in [-0.25, -0.2) is 9.59 Å². The fourth-order valence-electron chi connectivity index (χ4n) is 4.35. The normalized spacial score (nSPS) is 14.5. The predicted octanol–water partition coefficient (Wildman–Crippen LogP) is 4.90. The molecular formula is C30H39ClN4O6. The zero-order valence-electron chi connectivity index (χ0n) is 24.1. The summed E-state index contributed by atoms with van der Waals surface area (Å²) in [6, 6.07) is 14.6. The van der Waals surface area contributed by atoms with Gasteiger partial charge in [0.2, 0.25) is 11.8 Å². The molecule has 0 aliphatic carbocycles. The van der Waals surface area contributed by atoms with E-state index in [1.807, 2.05) is 31.2 Å². The lowest BCUT2D eigenvalue weighted by Gasteiger charge is -2.40. The molecule has 2 aromatic rings. The van der Waals surface area contributed by atoms with Gasteiger partial charge in [-0.1, -0.05) is 42.8 Å². The molecule has 1 aliphatic rings. The number of rotatable bonds is 9. The average Bonchev–Trinajstić information content (AvgIpc) is 2.94. The summed E-state index contributed by atoms with van der Waals surface area (Å²) in [5, 5.41) is 8.72. The van der Waals surface area contributed by atoms with Gasteiger partial charge in [0, 0.05) is 30.3 Å². The van der Waals surface area contributed by atoms with Crippen LogP contribution in [0.2, 0.25) is 5.02 Å². The number of hydrogen-bond donors (Lipinski definition) is 3. The number of nitrogens with zero attached hydrogens (tertiary/aromatic N) is 1. The standard InChI is InChI=1S/C30H39ClN4O6/c1-5-21-8-12-24(13-9-21)34-28(39)40-20-30(26(37)32-18-22-6-10-23(31)11-7-22)14-16-35(17-15-30)25(36)19-33-27(38)41-29(2,3)4/h6-13H,5,14-20H2,1-4H3,(H,32,37)(H,33,38)(H,34,39). The summed E-state index contributed by atoms with van der Waals surface area (Å²) in [5.41, 5.74) is 0.885. The number of halogens is 1. The van der Waals surface area contributed by atoms with Crippen LogP contribution in [-0.2, 0) is 32.0 Å². The first-order valence-electron chi connectivity index (χ1n) is 13.7. The highest BCUT2D eigenvalue weighted by Crippen LogP contribution is 2.33. The summed E-state index contributed by atoms with van der Waals surface area (Å²) in [4.78, 5) is 52.4. The van der Waals surface area contributed by atoms with Crippen molar-refractivity contribution in [3.05, 3.63) is 64.7 Å². The second-order valence-electron chi connectivity index (χ2n) is 11.1. The van der Waals surface area contributed by atoms with Crippen LogP contribution >= 0.6 is 11.6 Å². The van der Waals surface area contributed by atoms with Crippen molar-refractivity contribution in [2.75, 3.05) is 31.6 Å². The number of carbonyl (C=O) groups excluding carboxylic acids is 4. The summed E-state index contributed by atoms with van der Waals surface area (Å²) in [5.74, 6) is -0.563. The minimum Gasteiger partial charge on any atom is -0.448 e. The van der Waals surface area contributed by atoms with Crippen LogP contribution in [0, 0.1) is 5.41 Å². The number of likely N-dealkylation sites (tertiary alicyclic amines) is 1. The highest BCUT2D eigenvalue weighted by molar-refractivity contribution is 6.30. The second kappa shape index (κ2) is 14.2. The number of aryl methyl sites for hydroxylation is 1. The molecule has 0 bridgehead atoms. The second-order valence-corrected chi connectivity index (χ2v) is 11.5. The van der Waals surface area contributed by atoms with Crippen molar-refractivity contribution in [1.29, 1.82) is 0 Å². The van der Waals surface area contributed by atoms with Crippen molar-refractivity contribution in [2.24, 2.45) is 5.41 Å². The third-order valence-electron chi connectivity index (χ3n) is 6.79. The molecule has 10 nitrogen and oxygen atoms in total. The molecule has 1 heterocycles. The van der Waals surface area contributed by atoms with E-state index in [1.54, 1.807) is 49.9 Å². The van der Waals surface area contributed by atoms with E-state index in [4.69, 9.17) is 21.1 Å². The quantitative estimate of drug-likeness (QED) is 0.384. The number of piperidine rings is 1. The fraction of sp³-hybridized carbons (Fsp3) is 0.467. The first kappa shape index (κ1) is 31.7.